The van der Waals surface area contributed by atoms with E-state index < -0.39 is 18.1 Å². The molecule has 1 unspecified atom stereocenters. The van der Waals surface area contributed by atoms with Crippen LogP contribution in [0.3, 0.4) is 0 Å². The van der Waals surface area contributed by atoms with E-state index in [-0.39, 0.29) is 30.9 Å². The highest BCUT2D eigenvalue weighted by molar-refractivity contribution is 7.99. The van der Waals surface area contributed by atoms with Gasteiger partial charge in [0.15, 0.2) is 0 Å². The second kappa shape index (κ2) is 10.3. The van der Waals surface area contributed by atoms with E-state index in [4.69, 9.17) is 4.74 Å². The Kier molecular flexibility index (Phi) is 7.23. The molecule has 1 aliphatic heterocycles. The molecule has 8 heteroatoms. The number of alkyl carbamates (subject to hydrolysis) is 1. The van der Waals surface area contributed by atoms with Crippen molar-refractivity contribution in [1.29, 1.82) is 0 Å². The third-order valence-electron chi connectivity index (χ3n) is 6.26. The van der Waals surface area contributed by atoms with Crippen LogP contribution in [0, 0.1) is 0 Å². The molecule has 0 aromatic heterocycles. The number of hydrogen-bond acceptors (Lipinski definition) is 5. The molecule has 1 fully saturated rings. The fourth-order valence-corrected chi connectivity index (χ4v) is 5.70. The molecule has 0 radical (unpaired) electrons. The number of amides is 2. The van der Waals surface area contributed by atoms with Crippen molar-refractivity contribution in [2.24, 2.45) is 0 Å². The Balaban J connectivity index is 1.40. The SMILES string of the molecule is CC[C@H](NC(=O)OCC1c2ccccc2-c2ccccc21)C(=O)N1CCSCC1CC(=O)O. The van der Waals surface area contributed by atoms with Gasteiger partial charge < -0.3 is 20.1 Å². The summed E-state index contributed by atoms with van der Waals surface area (Å²) in [5, 5.41) is 11.9. The molecule has 4 rings (SSSR count). The van der Waals surface area contributed by atoms with Gasteiger partial charge >= 0.3 is 12.1 Å². The molecule has 0 bridgehead atoms. The molecule has 1 heterocycles. The van der Waals surface area contributed by atoms with Crippen LogP contribution in [-0.2, 0) is 14.3 Å². The van der Waals surface area contributed by atoms with Crippen molar-refractivity contribution in [1.82, 2.24) is 10.2 Å². The first-order valence-electron chi connectivity index (χ1n) is 11.2. The maximum Gasteiger partial charge on any atom is 0.407 e. The zero-order valence-electron chi connectivity index (χ0n) is 18.5. The van der Waals surface area contributed by atoms with Crippen LogP contribution in [-0.4, -0.2) is 64.7 Å². The van der Waals surface area contributed by atoms with Gasteiger partial charge in [-0.25, -0.2) is 4.79 Å². The Morgan fingerprint density at radius 3 is 2.36 bits per heavy atom. The van der Waals surface area contributed by atoms with Crippen molar-refractivity contribution in [3.8, 4) is 11.1 Å². The Bertz CT molecular complexity index is 997. The number of nitrogens with one attached hydrogen (secondary N) is 1. The minimum atomic E-state index is -0.933. The van der Waals surface area contributed by atoms with Gasteiger partial charge in [-0.3, -0.25) is 9.59 Å². The van der Waals surface area contributed by atoms with Crippen LogP contribution in [0.1, 0.15) is 36.8 Å². The molecule has 7 nitrogen and oxygen atoms in total. The lowest BCUT2D eigenvalue weighted by Crippen LogP contribution is -2.55. The number of carbonyl (C=O) groups excluding carboxylic acids is 2. The van der Waals surface area contributed by atoms with E-state index in [0.29, 0.717) is 18.7 Å². The molecule has 174 valence electrons. The zero-order chi connectivity index (χ0) is 23.4. The maximum atomic E-state index is 13.1. The highest BCUT2D eigenvalue weighted by atomic mass is 32.2. The smallest absolute Gasteiger partial charge is 0.407 e. The zero-order valence-corrected chi connectivity index (χ0v) is 19.3. The van der Waals surface area contributed by atoms with Crippen LogP contribution in [0.4, 0.5) is 4.79 Å². The minimum Gasteiger partial charge on any atom is -0.481 e. The van der Waals surface area contributed by atoms with Gasteiger partial charge in [0.2, 0.25) is 5.91 Å². The van der Waals surface area contributed by atoms with Gasteiger partial charge in [-0.2, -0.15) is 11.8 Å². The molecule has 2 aromatic carbocycles. The van der Waals surface area contributed by atoms with Crippen molar-refractivity contribution in [2.45, 2.75) is 37.8 Å². The number of fused-ring (bicyclic) bond motifs is 3. The lowest BCUT2D eigenvalue weighted by atomic mass is 9.98. The van der Waals surface area contributed by atoms with Crippen LogP contribution < -0.4 is 5.32 Å². The summed E-state index contributed by atoms with van der Waals surface area (Å²) < 4.78 is 5.58. The second-order valence-electron chi connectivity index (χ2n) is 8.29. The average Bonchev–Trinajstić information content (AvgIpc) is 3.14. The summed E-state index contributed by atoms with van der Waals surface area (Å²) in [5.41, 5.74) is 4.54. The Morgan fingerprint density at radius 1 is 1.12 bits per heavy atom. The topological polar surface area (TPSA) is 95.9 Å². The average molecular weight is 469 g/mol. The van der Waals surface area contributed by atoms with Crippen LogP contribution in [0.5, 0.6) is 0 Å². The first kappa shape index (κ1) is 23.2. The summed E-state index contributed by atoms with van der Waals surface area (Å²) in [5.74, 6) is 0.0937. The third-order valence-corrected chi connectivity index (χ3v) is 7.35. The van der Waals surface area contributed by atoms with Gasteiger partial charge in [-0.05, 0) is 28.7 Å². The Morgan fingerprint density at radius 2 is 1.76 bits per heavy atom. The highest BCUT2D eigenvalue weighted by Gasteiger charge is 2.34. The molecule has 1 saturated heterocycles. The van der Waals surface area contributed by atoms with Crippen LogP contribution in [0.15, 0.2) is 48.5 Å². The number of rotatable bonds is 7. The second-order valence-corrected chi connectivity index (χ2v) is 9.44. The number of ether oxygens (including phenoxy) is 1. The summed E-state index contributed by atoms with van der Waals surface area (Å²) in [4.78, 5) is 38.5. The fraction of sp³-hybridized carbons (Fsp3) is 0.400. The Labute approximate surface area is 197 Å². The number of nitrogens with zero attached hydrogens (tertiary/aromatic N) is 1. The number of carbonyl (C=O) groups is 3. The number of aliphatic carboxylic acids is 1. The molecule has 2 N–H and O–H groups in total. The molecular weight excluding hydrogens is 440 g/mol. The highest BCUT2D eigenvalue weighted by Crippen LogP contribution is 2.44. The molecule has 2 aliphatic rings. The van der Waals surface area contributed by atoms with Crippen molar-refractivity contribution >= 4 is 29.7 Å². The van der Waals surface area contributed by atoms with Crippen molar-refractivity contribution in [3.63, 3.8) is 0 Å². The molecule has 0 spiro atoms. The maximum absolute atomic E-state index is 13.1. The van der Waals surface area contributed by atoms with Crippen LogP contribution in [0.25, 0.3) is 11.1 Å². The van der Waals surface area contributed by atoms with Gasteiger partial charge in [0, 0.05) is 24.0 Å². The molecule has 0 saturated carbocycles. The van der Waals surface area contributed by atoms with Crippen molar-refractivity contribution < 1.29 is 24.2 Å². The lowest BCUT2D eigenvalue weighted by Gasteiger charge is -2.36. The molecular formula is C25H28N2O5S. The molecule has 2 aromatic rings. The monoisotopic (exact) mass is 468 g/mol. The van der Waals surface area contributed by atoms with E-state index in [1.54, 1.807) is 16.7 Å². The molecule has 2 atom stereocenters. The van der Waals surface area contributed by atoms with Gasteiger partial charge in [-0.1, -0.05) is 55.5 Å². The van der Waals surface area contributed by atoms with E-state index >= 15 is 0 Å². The van der Waals surface area contributed by atoms with Crippen LogP contribution in [0.2, 0.25) is 0 Å². The van der Waals surface area contributed by atoms with E-state index in [1.807, 2.05) is 31.2 Å². The summed E-state index contributed by atoms with van der Waals surface area (Å²) in [6.45, 7) is 2.47. The summed E-state index contributed by atoms with van der Waals surface area (Å²) in [7, 11) is 0. The minimum absolute atomic E-state index is 0.0574. The van der Waals surface area contributed by atoms with E-state index in [9.17, 15) is 19.5 Å². The quantitative estimate of drug-likeness (QED) is 0.643. The van der Waals surface area contributed by atoms with Crippen LogP contribution >= 0.6 is 11.8 Å². The van der Waals surface area contributed by atoms with Gasteiger partial charge in [0.05, 0.1) is 12.5 Å². The number of benzene rings is 2. The first-order chi connectivity index (χ1) is 16.0. The third kappa shape index (κ3) is 5.00. The molecule has 1 aliphatic carbocycles. The Hall–Kier alpha value is -3.00. The number of carboxylic acid groups (broad SMARTS) is 1. The van der Waals surface area contributed by atoms with E-state index in [1.165, 1.54) is 0 Å². The first-order valence-corrected chi connectivity index (χ1v) is 12.4. The van der Waals surface area contributed by atoms with Gasteiger partial charge in [0.25, 0.3) is 0 Å². The predicted molar refractivity (Wildman–Crippen MR) is 127 cm³/mol. The van der Waals surface area contributed by atoms with Crippen molar-refractivity contribution in [3.05, 3.63) is 59.7 Å². The van der Waals surface area contributed by atoms with E-state index in [2.05, 4.69) is 29.6 Å². The predicted octanol–water partition coefficient (Wildman–Crippen LogP) is 3.72. The van der Waals surface area contributed by atoms with Crippen molar-refractivity contribution in [2.75, 3.05) is 24.7 Å². The largest absolute Gasteiger partial charge is 0.481 e. The number of thioether (sulfide) groups is 1. The molecule has 2 amide bonds. The fourth-order valence-electron chi connectivity index (χ4n) is 4.64. The molecule has 33 heavy (non-hydrogen) atoms. The summed E-state index contributed by atoms with van der Waals surface area (Å²) in [6, 6.07) is 15.1. The normalized spacial score (nSPS) is 18.2. The number of carboxylic acids is 1. The van der Waals surface area contributed by atoms with E-state index in [0.717, 1.165) is 28.0 Å². The standard InChI is InChI=1S/C25H28N2O5S/c1-2-22(24(30)27-11-12-33-15-16(27)13-23(28)29)26-25(31)32-14-21-19-9-5-3-7-17(19)18-8-4-6-10-20(18)21/h3-10,16,21-22H,2,11-15H2,1H3,(H,26,31)(H,28,29)/t16?,22-/m0/s1. The summed E-state index contributed by atoms with van der Waals surface area (Å²) in [6.07, 6.45) is -0.342. The summed E-state index contributed by atoms with van der Waals surface area (Å²) >= 11 is 1.64. The van der Waals surface area contributed by atoms with Gasteiger partial charge in [-0.15, -0.1) is 0 Å². The van der Waals surface area contributed by atoms with Gasteiger partial charge in [0.1, 0.15) is 12.6 Å². The lowest BCUT2D eigenvalue weighted by molar-refractivity contribution is -0.141. The number of hydrogen-bond donors (Lipinski definition) is 2.